The first-order valence-corrected chi connectivity index (χ1v) is 9.34. The van der Waals surface area contributed by atoms with Crippen molar-refractivity contribution in [2.24, 2.45) is 0 Å². The van der Waals surface area contributed by atoms with Crippen LogP contribution in [0.1, 0.15) is 39.0 Å². The van der Waals surface area contributed by atoms with Crippen molar-refractivity contribution in [2.45, 2.75) is 27.7 Å². The number of ether oxygens (including phenoxy) is 1. The van der Waals surface area contributed by atoms with Gasteiger partial charge in [-0.15, -0.1) is 11.3 Å². The lowest BCUT2D eigenvalue weighted by atomic mass is 10.0. The predicted molar refractivity (Wildman–Crippen MR) is 107 cm³/mol. The minimum Gasteiger partial charge on any atom is -0.462 e. The molecule has 0 radical (unpaired) electrons. The first-order valence-electron chi connectivity index (χ1n) is 8.52. The van der Waals surface area contributed by atoms with Crippen molar-refractivity contribution in [3.8, 4) is 16.1 Å². The summed E-state index contributed by atoms with van der Waals surface area (Å²) in [6.07, 6.45) is 3.48. The first kappa shape index (κ1) is 18.1. The molecule has 0 bridgehead atoms. The molecule has 2 aromatic heterocycles. The Balaban J connectivity index is 2.05. The fraction of sp³-hybridized carbons (Fsp3) is 0.238. The molecule has 3 aromatic rings. The van der Waals surface area contributed by atoms with Gasteiger partial charge in [-0.25, -0.2) is 9.48 Å². The van der Waals surface area contributed by atoms with Gasteiger partial charge in [-0.1, -0.05) is 24.8 Å². The SMILES string of the molecule is C=Cc1c(-c2cccc(-n3ncc(C(=O)OCC)c3C)c2)sc(C)c1C. The van der Waals surface area contributed by atoms with E-state index in [1.54, 1.807) is 29.1 Å². The number of hydrogen-bond acceptors (Lipinski definition) is 4. The minimum absolute atomic E-state index is 0.342. The lowest BCUT2D eigenvalue weighted by Gasteiger charge is -2.08. The standard InChI is InChI=1S/C21H22N2O2S/c1-6-18-13(3)15(5)26-20(18)16-9-8-10-17(11-16)23-14(4)19(12-22-23)21(24)25-7-2/h6,8-12H,1,7H2,2-5H3. The summed E-state index contributed by atoms with van der Waals surface area (Å²) in [5, 5.41) is 4.39. The molecule has 26 heavy (non-hydrogen) atoms. The van der Waals surface area contributed by atoms with Crippen molar-refractivity contribution < 1.29 is 9.53 Å². The molecule has 5 heteroatoms. The number of carbonyl (C=O) groups is 1. The molecule has 0 atom stereocenters. The highest BCUT2D eigenvalue weighted by molar-refractivity contribution is 7.16. The van der Waals surface area contributed by atoms with Gasteiger partial charge in [-0.3, -0.25) is 0 Å². The number of benzene rings is 1. The second-order valence-electron chi connectivity index (χ2n) is 6.06. The summed E-state index contributed by atoms with van der Waals surface area (Å²) in [6.45, 7) is 12.2. The van der Waals surface area contributed by atoms with Crippen molar-refractivity contribution in [3.63, 3.8) is 0 Å². The maximum Gasteiger partial charge on any atom is 0.341 e. The van der Waals surface area contributed by atoms with E-state index in [2.05, 4.69) is 37.7 Å². The Morgan fingerprint density at radius 1 is 1.35 bits per heavy atom. The highest BCUT2D eigenvalue weighted by Gasteiger charge is 2.17. The molecule has 0 aliphatic rings. The van der Waals surface area contributed by atoms with Gasteiger partial charge in [0.2, 0.25) is 0 Å². The van der Waals surface area contributed by atoms with E-state index < -0.39 is 0 Å². The second-order valence-corrected chi connectivity index (χ2v) is 7.28. The van der Waals surface area contributed by atoms with Crippen LogP contribution in [0.25, 0.3) is 22.2 Å². The molecule has 4 nitrogen and oxygen atoms in total. The zero-order chi connectivity index (χ0) is 18.8. The van der Waals surface area contributed by atoms with Crippen LogP contribution in [0.3, 0.4) is 0 Å². The molecule has 1 aromatic carbocycles. The summed E-state index contributed by atoms with van der Waals surface area (Å²) in [7, 11) is 0. The molecule has 0 saturated carbocycles. The molecule has 0 saturated heterocycles. The van der Waals surface area contributed by atoms with Gasteiger partial charge < -0.3 is 4.74 Å². The van der Waals surface area contributed by atoms with Gasteiger partial charge in [0.25, 0.3) is 0 Å². The van der Waals surface area contributed by atoms with E-state index in [0.717, 1.165) is 16.9 Å². The molecule has 0 N–H and O–H groups in total. The first-order chi connectivity index (χ1) is 12.5. The van der Waals surface area contributed by atoms with Crippen LogP contribution in [0.15, 0.2) is 37.0 Å². The number of esters is 1. The van der Waals surface area contributed by atoms with Crippen molar-refractivity contribution in [3.05, 3.63) is 64.3 Å². The molecule has 2 heterocycles. The van der Waals surface area contributed by atoms with Crippen molar-refractivity contribution in [1.29, 1.82) is 0 Å². The van der Waals surface area contributed by atoms with Crippen molar-refractivity contribution in [2.75, 3.05) is 6.61 Å². The zero-order valence-corrected chi connectivity index (χ0v) is 16.3. The number of carbonyl (C=O) groups excluding carboxylic acids is 1. The van der Waals surface area contributed by atoms with Gasteiger partial charge in [-0.2, -0.15) is 5.10 Å². The summed E-state index contributed by atoms with van der Waals surface area (Å²) in [4.78, 5) is 14.5. The summed E-state index contributed by atoms with van der Waals surface area (Å²) in [5.74, 6) is -0.342. The molecule has 0 fully saturated rings. The summed E-state index contributed by atoms with van der Waals surface area (Å²) in [5.41, 5.74) is 5.73. The summed E-state index contributed by atoms with van der Waals surface area (Å²) in [6, 6.07) is 8.17. The van der Waals surface area contributed by atoms with Crippen LogP contribution in [0.5, 0.6) is 0 Å². The highest BCUT2D eigenvalue weighted by Crippen LogP contribution is 2.37. The second kappa shape index (κ2) is 7.30. The lowest BCUT2D eigenvalue weighted by molar-refractivity contribution is 0.0525. The number of aromatic nitrogens is 2. The Morgan fingerprint density at radius 3 is 2.81 bits per heavy atom. The molecule has 134 valence electrons. The molecule has 0 amide bonds. The predicted octanol–water partition coefficient (Wildman–Crippen LogP) is 5.35. The summed E-state index contributed by atoms with van der Waals surface area (Å²) >= 11 is 1.77. The van der Waals surface area contributed by atoms with Gasteiger partial charge in [-0.05, 0) is 56.5 Å². The third kappa shape index (κ3) is 3.10. The normalized spacial score (nSPS) is 10.8. The summed E-state index contributed by atoms with van der Waals surface area (Å²) < 4.78 is 6.87. The average molecular weight is 366 g/mol. The van der Waals surface area contributed by atoms with E-state index in [9.17, 15) is 4.79 Å². The van der Waals surface area contributed by atoms with Gasteiger partial charge in [0, 0.05) is 9.75 Å². The van der Waals surface area contributed by atoms with E-state index in [1.807, 2.05) is 25.1 Å². The van der Waals surface area contributed by atoms with Crippen molar-refractivity contribution >= 4 is 23.4 Å². The molecule has 3 rings (SSSR count). The fourth-order valence-corrected chi connectivity index (χ4v) is 4.12. The lowest BCUT2D eigenvalue weighted by Crippen LogP contribution is -2.07. The highest BCUT2D eigenvalue weighted by atomic mass is 32.1. The van der Waals surface area contributed by atoms with E-state index in [0.29, 0.717) is 12.2 Å². The topological polar surface area (TPSA) is 44.1 Å². The van der Waals surface area contributed by atoms with Gasteiger partial charge in [0.05, 0.1) is 24.2 Å². The van der Waals surface area contributed by atoms with E-state index >= 15 is 0 Å². The van der Waals surface area contributed by atoms with Crippen LogP contribution < -0.4 is 0 Å². The van der Waals surface area contributed by atoms with Crippen LogP contribution in [0.4, 0.5) is 0 Å². The maximum absolute atomic E-state index is 12.0. The van der Waals surface area contributed by atoms with Crippen LogP contribution in [0, 0.1) is 20.8 Å². The smallest absolute Gasteiger partial charge is 0.341 e. The van der Waals surface area contributed by atoms with Gasteiger partial charge in [0.15, 0.2) is 0 Å². The third-order valence-electron chi connectivity index (χ3n) is 4.49. The Hall–Kier alpha value is -2.66. The molecule has 0 unspecified atom stereocenters. The van der Waals surface area contributed by atoms with Crippen molar-refractivity contribution in [1.82, 2.24) is 9.78 Å². The fourth-order valence-electron chi connectivity index (χ4n) is 2.96. The molecular weight excluding hydrogens is 344 g/mol. The Morgan fingerprint density at radius 2 is 2.12 bits per heavy atom. The van der Waals surface area contributed by atoms with Crippen LogP contribution in [0.2, 0.25) is 0 Å². The van der Waals surface area contributed by atoms with Crippen LogP contribution >= 0.6 is 11.3 Å². The van der Waals surface area contributed by atoms with E-state index in [4.69, 9.17) is 4.74 Å². The third-order valence-corrected chi connectivity index (χ3v) is 5.77. The molecule has 0 aliphatic carbocycles. The minimum atomic E-state index is -0.342. The number of nitrogens with zero attached hydrogens (tertiary/aromatic N) is 2. The molecule has 0 spiro atoms. The van der Waals surface area contributed by atoms with E-state index in [1.165, 1.54) is 20.9 Å². The molecule has 0 aliphatic heterocycles. The Kier molecular flexibility index (Phi) is 5.09. The Labute approximate surface area is 157 Å². The van der Waals surface area contributed by atoms with E-state index in [-0.39, 0.29) is 5.97 Å². The van der Waals surface area contributed by atoms with Gasteiger partial charge in [0.1, 0.15) is 5.56 Å². The largest absolute Gasteiger partial charge is 0.462 e. The zero-order valence-electron chi connectivity index (χ0n) is 15.5. The monoisotopic (exact) mass is 366 g/mol. The van der Waals surface area contributed by atoms with Crippen LogP contribution in [-0.2, 0) is 4.74 Å². The maximum atomic E-state index is 12.0. The number of thiophene rings is 1. The number of aryl methyl sites for hydroxylation is 1. The number of rotatable bonds is 5. The molecular formula is C21H22N2O2S. The van der Waals surface area contributed by atoms with Gasteiger partial charge >= 0.3 is 5.97 Å². The Bertz CT molecular complexity index is 982. The average Bonchev–Trinajstić information content (AvgIpc) is 3.15. The quantitative estimate of drug-likeness (QED) is 0.572. The number of hydrogen-bond donors (Lipinski definition) is 0. The van der Waals surface area contributed by atoms with Crippen LogP contribution in [-0.4, -0.2) is 22.4 Å².